The van der Waals surface area contributed by atoms with Crippen molar-refractivity contribution in [1.82, 2.24) is 4.90 Å². The standard InChI is InChI=1S/C16H23NO/c1-2-4-14(5-3-1)17-12-16(8-10-18-11-9-16)15(17)13-6-7-13/h1-2,4,13,15H,3,5-12H2. The smallest absolute Gasteiger partial charge is 0.0472 e. The average molecular weight is 245 g/mol. The van der Waals surface area contributed by atoms with E-state index in [9.17, 15) is 0 Å². The predicted molar refractivity (Wildman–Crippen MR) is 72.2 cm³/mol. The third-order valence-corrected chi connectivity index (χ3v) is 5.37. The molecule has 2 aliphatic carbocycles. The molecule has 0 amide bonds. The van der Waals surface area contributed by atoms with Gasteiger partial charge in [-0.05, 0) is 50.5 Å². The molecule has 1 unspecified atom stereocenters. The molecule has 0 N–H and O–H groups in total. The van der Waals surface area contributed by atoms with E-state index in [1.165, 1.54) is 45.1 Å². The molecule has 3 fully saturated rings. The summed E-state index contributed by atoms with van der Waals surface area (Å²) in [6.07, 6.45) is 14.9. The van der Waals surface area contributed by atoms with Crippen LogP contribution in [0.2, 0.25) is 0 Å². The zero-order chi connectivity index (χ0) is 12.0. The number of allylic oxidation sites excluding steroid dienone is 4. The minimum Gasteiger partial charge on any atom is -0.381 e. The molecule has 4 rings (SSSR count). The van der Waals surface area contributed by atoms with Crippen LogP contribution in [0.5, 0.6) is 0 Å². The van der Waals surface area contributed by atoms with E-state index in [1.807, 2.05) is 0 Å². The van der Waals surface area contributed by atoms with Gasteiger partial charge in [-0.25, -0.2) is 0 Å². The Balaban J connectivity index is 1.55. The lowest BCUT2D eigenvalue weighted by Crippen LogP contribution is -2.66. The topological polar surface area (TPSA) is 12.5 Å². The first-order chi connectivity index (χ1) is 8.89. The van der Waals surface area contributed by atoms with Gasteiger partial charge in [-0.2, -0.15) is 0 Å². The van der Waals surface area contributed by atoms with Crippen LogP contribution in [0, 0.1) is 11.3 Å². The zero-order valence-electron chi connectivity index (χ0n) is 11.1. The molecule has 1 saturated carbocycles. The van der Waals surface area contributed by atoms with E-state index in [0.29, 0.717) is 5.41 Å². The zero-order valence-corrected chi connectivity index (χ0v) is 11.1. The summed E-state index contributed by atoms with van der Waals surface area (Å²) in [5, 5.41) is 0. The molecule has 98 valence electrons. The van der Waals surface area contributed by atoms with Gasteiger partial charge in [0.25, 0.3) is 0 Å². The minimum atomic E-state index is 0.613. The summed E-state index contributed by atoms with van der Waals surface area (Å²) in [6, 6.07) is 0.846. The van der Waals surface area contributed by atoms with Crippen molar-refractivity contribution in [3.05, 3.63) is 23.9 Å². The summed E-state index contributed by atoms with van der Waals surface area (Å²) in [5.41, 5.74) is 2.22. The van der Waals surface area contributed by atoms with Crippen LogP contribution in [0.15, 0.2) is 23.9 Å². The molecule has 2 heteroatoms. The Kier molecular flexibility index (Phi) is 2.54. The van der Waals surface area contributed by atoms with E-state index in [-0.39, 0.29) is 0 Å². The van der Waals surface area contributed by atoms with Crippen LogP contribution in [0.3, 0.4) is 0 Å². The largest absolute Gasteiger partial charge is 0.381 e. The van der Waals surface area contributed by atoms with Gasteiger partial charge in [0.1, 0.15) is 0 Å². The molecule has 1 spiro atoms. The fraction of sp³-hybridized carbons (Fsp3) is 0.750. The molecular weight excluding hydrogens is 222 g/mol. The molecule has 2 heterocycles. The second-order valence-corrected chi connectivity index (χ2v) is 6.51. The number of likely N-dealkylation sites (tertiary alicyclic amines) is 1. The van der Waals surface area contributed by atoms with Crippen molar-refractivity contribution in [2.75, 3.05) is 19.8 Å². The Morgan fingerprint density at radius 3 is 2.72 bits per heavy atom. The van der Waals surface area contributed by atoms with Crippen LogP contribution in [0.25, 0.3) is 0 Å². The molecule has 4 aliphatic rings. The van der Waals surface area contributed by atoms with E-state index in [2.05, 4.69) is 23.1 Å². The highest BCUT2D eigenvalue weighted by Crippen LogP contribution is 2.56. The summed E-state index contributed by atoms with van der Waals surface area (Å²) in [5.74, 6) is 0.989. The lowest BCUT2D eigenvalue weighted by molar-refractivity contribution is -0.125. The third kappa shape index (κ3) is 1.65. The fourth-order valence-corrected chi connectivity index (χ4v) is 4.26. The highest BCUT2D eigenvalue weighted by atomic mass is 16.5. The number of hydrogen-bond donors (Lipinski definition) is 0. The van der Waals surface area contributed by atoms with E-state index < -0.39 is 0 Å². The maximum atomic E-state index is 5.59. The molecule has 0 radical (unpaired) electrons. The van der Waals surface area contributed by atoms with Crippen molar-refractivity contribution in [2.24, 2.45) is 11.3 Å². The number of ether oxygens (including phenoxy) is 1. The summed E-state index contributed by atoms with van der Waals surface area (Å²) in [7, 11) is 0. The number of rotatable bonds is 2. The van der Waals surface area contributed by atoms with Crippen molar-refractivity contribution >= 4 is 0 Å². The van der Waals surface area contributed by atoms with Gasteiger partial charge in [0.05, 0.1) is 0 Å². The third-order valence-electron chi connectivity index (χ3n) is 5.37. The van der Waals surface area contributed by atoms with E-state index in [4.69, 9.17) is 4.74 Å². The van der Waals surface area contributed by atoms with Crippen LogP contribution in [0.1, 0.15) is 38.5 Å². The second kappa shape index (κ2) is 4.12. The molecule has 0 aromatic rings. The number of hydrogen-bond acceptors (Lipinski definition) is 2. The van der Waals surface area contributed by atoms with Crippen LogP contribution < -0.4 is 0 Å². The van der Waals surface area contributed by atoms with E-state index in [0.717, 1.165) is 25.2 Å². The SMILES string of the molecule is C1=CCCC(N2CC3(CCOCC3)C2C2CC2)=C1. The average Bonchev–Trinajstić information content (AvgIpc) is 3.23. The van der Waals surface area contributed by atoms with Crippen molar-refractivity contribution in [3.8, 4) is 0 Å². The van der Waals surface area contributed by atoms with Gasteiger partial charge in [0.2, 0.25) is 0 Å². The minimum absolute atomic E-state index is 0.613. The van der Waals surface area contributed by atoms with Gasteiger partial charge in [-0.1, -0.05) is 12.2 Å². The molecule has 1 atom stereocenters. The van der Waals surface area contributed by atoms with Crippen molar-refractivity contribution in [2.45, 2.75) is 44.6 Å². The van der Waals surface area contributed by atoms with Gasteiger partial charge in [-0.15, -0.1) is 0 Å². The monoisotopic (exact) mass is 245 g/mol. The van der Waals surface area contributed by atoms with Crippen molar-refractivity contribution in [3.63, 3.8) is 0 Å². The Bertz CT molecular complexity index is 388. The maximum absolute atomic E-state index is 5.59. The van der Waals surface area contributed by atoms with Gasteiger partial charge in [0.15, 0.2) is 0 Å². The molecule has 0 bridgehead atoms. The Labute approximate surface area is 110 Å². The van der Waals surface area contributed by atoms with Gasteiger partial charge in [-0.3, -0.25) is 0 Å². The highest BCUT2D eigenvalue weighted by Gasteiger charge is 2.58. The lowest BCUT2D eigenvalue weighted by Gasteiger charge is -2.61. The molecule has 2 aliphatic heterocycles. The molecule has 0 aromatic heterocycles. The van der Waals surface area contributed by atoms with Gasteiger partial charge < -0.3 is 9.64 Å². The first kappa shape index (κ1) is 11.1. The first-order valence-electron chi connectivity index (χ1n) is 7.59. The van der Waals surface area contributed by atoms with Crippen molar-refractivity contribution < 1.29 is 4.74 Å². The first-order valence-corrected chi connectivity index (χ1v) is 7.59. The van der Waals surface area contributed by atoms with E-state index >= 15 is 0 Å². The molecule has 0 aromatic carbocycles. The maximum Gasteiger partial charge on any atom is 0.0472 e. The van der Waals surface area contributed by atoms with Crippen LogP contribution in [-0.4, -0.2) is 30.7 Å². The molecule has 18 heavy (non-hydrogen) atoms. The fourth-order valence-electron chi connectivity index (χ4n) is 4.26. The normalized spacial score (nSPS) is 34.3. The lowest BCUT2D eigenvalue weighted by atomic mass is 9.64. The summed E-state index contributed by atoms with van der Waals surface area (Å²) in [4.78, 5) is 2.74. The quantitative estimate of drug-likeness (QED) is 0.741. The van der Waals surface area contributed by atoms with Crippen LogP contribution in [0.4, 0.5) is 0 Å². The Hall–Kier alpha value is -0.760. The van der Waals surface area contributed by atoms with Crippen LogP contribution in [-0.2, 0) is 4.74 Å². The molecular formula is C16H23NO. The van der Waals surface area contributed by atoms with Crippen LogP contribution >= 0.6 is 0 Å². The van der Waals surface area contributed by atoms with Crippen molar-refractivity contribution in [1.29, 1.82) is 0 Å². The van der Waals surface area contributed by atoms with E-state index in [1.54, 1.807) is 5.70 Å². The molecule has 2 saturated heterocycles. The highest BCUT2D eigenvalue weighted by molar-refractivity contribution is 5.24. The van der Waals surface area contributed by atoms with Gasteiger partial charge >= 0.3 is 0 Å². The van der Waals surface area contributed by atoms with Gasteiger partial charge in [0, 0.05) is 36.9 Å². The molecule has 2 nitrogen and oxygen atoms in total. The second-order valence-electron chi connectivity index (χ2n) is 6.51. The Morgan fingerprint density at radius 2 is 2.06 bits per heavy atom. The predicted octanol–water partition coefficient (Wildman–Crippen LogP) is 3.11. The summed E-state index contributed by atoms with van der Waals surface area (Å²) >= 11 is 0. The summed E-state index contributed by atoms with van der Waals surface area (Å²) < 4.78 is 5.59. The number of nitrogens with zero attached hydrogens (tertiary/aromatic N) is 1. The summed E-state index contributed by atoms with van der Waals surface area (Å²) in [6.45, 7) is 3.29. The Morgan fingerprint density at radius 1 is 1.22 bits per heavy atom.